The standard InChI is InChI=1S/C14H26N2O3/c1-5-10-7-6-8-16(9-10)13(19)15-11(12(17)18)14(2,3)4/h10-11H,5-9H2,1-4H3,(H,15,19)(H,17,18)/t10?,11-/m1/s1. The Bertz CT molecular complexity index is 336. The van der Waals surface area contributed by atoms with Crippen LogP contribution in [0.3, 0.4) is 0 Å². The minimum atomic E-state index is -0.982. The fourth-order valence-corrected chi connectivity index (χ4v) is 2.45. The summed E-state index contributed by atoms with van der Waals surface area (Å²) in [6, 6.07) is -1.11. The summed E-state index contributed by atoms with van der Waals surface area (Å²) in [4.78, 5) is 25.2. The lowest BCUT2D eigenvalue weighted by Crippen LogP contribution is -2.54. The van der Waals surface area contributed by atoms with E-state index in [0.29, 0.717) is 5.92 Å². The van der Waals surface area contributed by atoms with E-state index >= 15 is 0 Å². The minimum Gasteiger partial charge on any atom is -0.480 e. The Morgan fingerprint density at radius 1 is 1.42 bits per heavy atom. The minimum absolute atomic E-state index is 0.250. The van der Waals surface area contributed by atoms with Gasteiger partial charge < -0.3 is 15.3 Å². The molecule has 1 heterocycles. The van der Waals surface area contributed by atoms with Crippen molar-refractivity contribution in [1.82, 2.24) is 10.2 Å². The molecule has 5 nitrogen and oxygen atoms in total. The third-order valence-electron chi connectivity index (χ3n) is 3.76. The number of carbonyl (C=O) groups excluding carboxylic acids is 1. The van der Waals surface area contributed by atoms with Crippen molar-refractivity contribution in [3.05, 3.63) is 0 Å². The number of carbonyl (C=O) groups is 2. The maximum Gasteiger partial charge on any atom is 0.326 e. The lowest BCUT2D eigenvalue weighted by atomic mass is 9.87. The van der Waals surface area contributed by atoms with Crippen molar-refractivity contribution in [2.24, 2.45) is 11.3 Å². The van der Waals surface area contributed by atoms with Gasteiger partial charge in [-0.05, 0) is 24.2 Å². The first kappa shape index (κ1) is 15.8. The molecule has 1 aliphatic heterocycles. The summed E-state index contributed by atoms with van der Waals surface area (Å²) in [7, 11) is 0. The summed E-state index contributed by atoms with van der Waals surface area (Å²) in [5.41, 5.74) is -0.499. The van der Waals surface area contributed by atoms with Gasteiger partial charge in [-0.15, -0.1) is 0 Å². The topological polar surface area (TPSA) is 69.6 Å². The fourth-order valence-electron chi connectivity index (χ4n) is 2.45. The van der Waals surface area contributed by atoms with Crippen LogP contribution in [0.15, 0.2) is 0 Å². The molecular formula is C14H26N2O3. The van der Waals surface area contributed by atoms with Gasteiger partial charge in [-0.1, -0.05) is 34.1 Å². The predicted octanol–water partition coefficient (Wildman–Crippen LogP) is 2.32. The molecule has 1 unspecified atom stereocenters. The number of rotatable bonds is 3. The molecule has 0 saturated carbocycles. The van der Waals surface area contributed by atoms with Gasteiger partial charge in [0.2, 0.25) is 0 Å². The number of carboxylic acids is 1. The number of urea groups is 1. The quantitative estimate of drug-likeness (QED) is 0.827. The van der Waals surface area contributed by atoms with E-state index in [1.807, 2.05) is 20.8 Å². The van der Waals surface area contributed by atoms with Crippen LogP contribution in [0.2, 0.25) is 0 Å². The van der Waals surface area contributed by atoms with Crippen LogP contribution < -0.4 is 5.32 Å². The third-order valence-corrected chi connectivity index (χ3v) is 3.76. The molecule has 2 amide bonds. The molecule has 1 fully saturated rings. The maximum atomic E-state index is 12.2. The monoisotopic (exact) mass is 270 g/mol. The number of amides is 2. The molecule has 0 radical (unpaired) electrons. The van der Waals surface area contributed by atoms with E-state index in [4.69, 9.17) is 0 Å². The maximum absolute atomic E-state index is 12.2. The predicted molar refractivity (Wildman–Crippen MR) is 74.0 cm³/mol. The van der Waals surface area contributed by atoms with Crippen molar-refractivity contribution in [1.29, 1.82) is 0 Å². The van der Waals surface area contributed by atoms with Gasteiger partial charge >= 0.3 is 12.0 Å². The first-order chi connectivity index (χ1) is 8.75. The molecular weight excluding hydrogens is 244 g/mol. The third kappa shape index (κ3) is 4.40. The highest BCUT2D eigenvalue weighted by Gasteiger charge is 2.34. The zero-order valence-corrected chi connectivity index (χ0v) is 12.4. The zero-order valence-electron chi connectivity index (χ0n) is 12.4. The number of piperidine rings is 1. The molecule has 0 spiro atoms. The van der Waals surface area contributed by atoms with Crippen LogP contribution >= 0.6 is 0 Å². The number of aliphatic carboxylic acids is 1. The summed E-state index contributed by atoms with van der Waals surface area (Å²) >= 11 is 0. The first-order valence-electron chi connectivity index (χ1n) is 7.04. The molecule has 110 valence electrons. The van der Waals surface area contributed by atoms with Gasteiger partial charge in [-0.2, -0.15) is 0 Å². The average molecular weight is 270 g/mol. The molecule has 5 heteroatoms. The average Bonchev–Trinajstić information content (AvgIpc) is 2.33. The van der Waals surface area contributed by atoms with Crippen LogP contribution in [0.4, 0.5) is 4.79 Å². The van der Waals surface area contributed by atoms with Crippen LogP contribution in [-0.4, -0.2) is 41.1 Å². The summed E-state index contributed by atoms with van der Waals surface area (Å²) < 4.78 is 0. The number of likely N-dealkylation sites (tertiary alicyclic amines) is 1. The molecule has 0 aromatic carbocycles. The van der Waals surface area contributed by atoms with Gasteiger partial charge in [0.05, 0.1) is 0 Å². The van der Waals surface area contributed by atoms with Crippen molar-refractivity contribution in [2.45, 2.75) is 53.0 Å². The highest BCUT2D eigenvalue weighted by atomic mass is 16.4. The van der Waals surface area contributed by atoms with Crippen LogP contribution in [0, 0.1) is 11.3 Å². The molecule has 2 atom stereocenters. The number of hydrogen-bond donors (Lipinski definition) is 2. The van der Waals surface area contributed by atoms with Crippen LogP contribution in [-0.2, 0) is 4.79 Å². The Labute approximate surface area is 115 Å². The molecule has 19 heavy (non-hydrogen) atoms. The van der Waals surface area contributed by atoms with Crippen molar-refractivity contribution >= 4 is 12.0 Å². The van der Waals surface area contributed by atoms with Crippen LogP contribution in [0.25, 0.3) is 0 Å². The second-order valence-electron chi connectivity index (χ2n) is 6.45. The van der Waals surface area contributed by atoms with Crippen molar-refractivity contribution in [3.8, 4) is 0 Å². The summed E-state index contributed by atoms with van der Waals surface area (Å²) in [6.45, 7) is 9.03. The normalized spacial score (nSPS) is 21.9. The lowest BCUT2D eigenvalue weighted by Gasteiger charge is -2.35. The lowest BCUT2D eigenvalue weighted by molar-refractivity contribution is -0.142. The van der Waals surface area contributed by atoms with E-state index in [1.165, 1.54) is 0 Å². The Hall–Kier alpha value is -1.26. The summed E-state index contributed by atoms with van der Waals surface area (Å²) in [5.74, 6) is -0.442. The largest absolute Gasteiger partial charge is 0.480 e. The van der Waals surface area contributed by atoms with Crippen LogP contribution in [0.5, 0.6) is 0 Å². The molecule has 0 aliphatic carbocycles. The zero-order chi connectivity index (χ0) is 14.6. The number of hydrogen-bond acceptors (Lipinski definition) is 2. The van der Waals surface area contributed by atoms with E-state index in [0.717, 1.165) is 32.4 Å². The Balaban J connectivity index is 2.64. The second-order valence-corrected chi connectivity index (χ2v) is 6.45. The van der Waals surface area contributed by atoms with Gasteiger partial charge in [-0.25, -0.2) is 9.59 Å². The van der Waals surface area contributed by atoms with Gasteiger partial charge in [0.1, 0.15) is 6.04 Å². The van der Waals surface area contributed by atoms with Crippen molar-refractivity contribution in [2.75, 3.05) is 13.1 Å². The molecule has 0 aromatic heterocycles. The smallest absolute Gasteiger partial charge is 0.326 e. The van der Waals surface area contributed by atoms with Crippen molar-refractivity contribution < 1.29 is 14.7 Å². The van der Waals surface area contributed by atoms with Crippen molar-refractivity contribution in [3.63, 3.8) is 0 Å². The van der Waals surface area contributed by atoms with E-state index < -0.39 is 17.4 Å². The second kappa shape index (κ2) is 6.26. The molecule has 1 rings (SSSR count). The van der Waals surface area contributed by atoms with E-state index in [-0.39, 0.29) is 6.03 Å². The molecule has 2 N–H and O–H groups in total. The van der Waals surface area contributed by atoms with Gasteiger partial charge in [0.25, 0.3) is 0 Å². The molecule has 1 aliphatic rings. The van der Waals surface area contributed by atoms with Crippen LogP contribution in [0.1, 0.15) is 47.0 Å². The van der Waals surface area contributed by atoms with Gasteiger partial charge in [-0.3, -0.25) is 0 Å². The Morgan fingerprint density at radius 3 is 2.53 bits per heavy atom. The number of carboxylic acid groups (broad SMARTS) is 1. The molecule has 0 bridgehead atoms. The molecule has 0 aromatic rings. The van der Waals surface area contributed by atoms with Gasteiger partial charge in [0.15, 0.2) is 0 Å². The van der Waals surface area contributed by atoms with E-state index in [1.54, 1.807) is 4.90 Å². The highest BCUT2D eigenvalue weighted by Crippen LogP contribution is 2.22. The number of nitrogens with zero attached hydrogens (tertiary/aromatic N) is 1. The Kier molecular flexibility index (Phi) is 5.20. The number of nitrogens with one attached hydrogen (secondary N) is 1. The SMILES string of the molecule is CCC1CCCN(C(=O)N[C@H](C(=O)O)C(C)(C)C)C1. The summed E-state index contributed by atoms with van der Waals surface area (Å²) in [6.07, 6.45) is 3.21. The molecule has 1 saturated heterocycles. The Morgan fingerprint density at radius 2 is 2.05 bits per heavy atom. The first-order valence-corrected chi connectivity index (χ1v) is 7.04. The fraction of sp³-hybridized carbons (Fsp3) is 0.857. The summed E-state index contributed by atoms with van der Waals surface area (Å²) in [5, 5.41) is 11.9. The van der Waals surface area contributed by atoms with Gasteiger partial charge in [0, 0.05) is 13.1 Å². The van der Waals surface area contributed by atoms with E-state index in [9.17, 15) is 14.7 Å². The highest BCUT2D eigenvalue weighted by molar-refractivity contribution is 5.83. The van der Waals surface area contributed by atoms with E-state index in [2.05, 4.69) is 12.2 Å².